The second-order valence-electron chi connectivity index (χ2n) is 26.2. The van der Waals surface area contributed by atoms with Crippen LogP contribution in [0.4, 0.5) is 81.8 Å². The quantitative estimate of drug-likeness (QED) is 0.0560. The van der Waals surface area contributed by atoms with Crippen LogP contribution in [0.2, 0.25) is 0 Å². The number of fused-ring (bicyclic) bond motifs is 12. The van der Waals surface area contributed by atoms with E-state index in [1.165, 1.54) is 61.2 Å². The van der Waals surface area contributed by atoms with Crippen LogP contribution in [0.15, 0.2) is 276 Å². The molecule has 0 saturated heterocycles. The molecule has 0 aliphatic heterocycles. The summed E-state index contributed by atoms with van der Waals surface area (Å²) in [4.78, 5) is 4.52. The number of anilines is 6. The van der Waals surface area contributed by atoms with Gasteiger partial charge in [0, 0.05) is 60.7 Å². The second kappa shape index (κ2) is 27.8. The molecule has 1 radical (unpaired) electrons. The van der Waals surface area contributed by atoms with Crippen molar-refractivity contribution in [1.82, 2.24) is 0 Å². The zero-order valence-corrected chi connectivity index (χ0v) is 58.9. The summed E-state index contributed by atoms with van der Waals surface area (Å²) in [5, 5.41) is 8.75. The predicted octanol–water partition coefficient (Wildman–Crippen LogP) is 25.7. The van der Waals surface area contributed by atoms with Crippen LogP contribution in [0.5, 0.6) is 5.75 Å². The van der Waals surface area contributed by atoms with Crippen LogP contribution in [0.1, 0.15) is 55.5 Å². The molecule has 2 aliphatic carbocycles. The molecule has 16 rings (SSSR count). The fraction of sp³-hybridized carbons (Fsp3) is 0.133. The van der Waals surface area contributed by atoms with Crippen LogP contribution in [0.25, 0.3) is 88.4 Å². The van der Waals surface area contributed by atoms with Gasteiger partial charge < -0.3 is 28.1 Å². The van der Waals surface area contributed by atoms with Crippen molar-refractivity contribution < 1.29 is 70.1 Å². The lowest BCUT2D eigenvalue weighted by atomic mass is 9.82. The fourth-order valence-corrected chi connectivity index (χ4v) is 14.4. The maximum absolute atomic E-state index is 12.1. The summed E-state index contributed by atoms with van der Waals surface area (Å²) >= 11 is 4.09. The number of para-hydroxylation sites is 2. The SMILES string of the molecule is CC1(C)c2ccccc2-c2ccc(N(c3ccc(-c4ccccc4)cc3)c3ccc4c(oc5ccccc54)c3O)cc21.Cc1c(N(c2ccc(-c3ccccc3)cc2)c2ccc3c(c2)C(C)(C)c2ccccc2-3)ccc2c1oc1ccccc12.F[B]P=S.O=S(=O)(F)C(F)(F)C(F)(F)C(F)(F)C(F)(F)F. The molecule has 2 heterocycles. The van der Waals surface area contributed by atoms with Crippen molar-refractivity contribution in [2.24, 2.45) is 0 Å². The van der Waals surface area contributed by atoms with Gasteiger partial charge in [0.05, 0.1) is 11.4 Å². The lowest BCUT2D eigenvalue weighted by Gasteiger charge is -2.31. The summed E-state index contributed by atoms with van der Waals surface area (Å²) in [7, 11) is -6.96. The molecule has 0 amide bonds. The van der Waals surface area contributed by atoms with Gasteiger partial charge in [-0.1, -0.05) is 225 Å². The fourth-order valence-electron chi connectivity index (χ4n) is 14.0. The molecule has 14 aromatic rings. The summed E-state index contributed by atoms with van der Waals surface area (Å²) < 4.78 is 160. The number of aromatic hydroxyl groups is 1. The summed E-state index contributed by atoms with van der Waals surface area (Å²) in [6.45, 7) is 11.4. The maximum Gasteiger partial charge on any atom is 0.460 e. The van der Waals surface area contributed by atoms with E-state index in [4.69, 9.17) is 8.83 Å². The van der Waals surface area contributed by atoms with Gasteiger partial charge in [0.15, 0.2) is 11.3 Å². The third kappa shape index (κ3) is 12.9. The van der Waals surface area contributed by atoms with Gasteiger partial charge in [-0.25, -0.2) is 0 Å². The first-order valence-corrected chi connectivity index (χ1v) is 36.1. The van der Waals surface area contributed by atoms with E-state index < -0.39 is 33.5 Å². The molecule has 105 heavy (non-hydrogen) atoms. The molecule has 12 aromatic carbocycles. The number of furan rings is 2. The van der Waals surface area contributed by atoms with Crippen LogP contribution in [0, 0.1) is 6.92 Å². The standard InChI is InChI=1S/C40H31NO.C39H29NO2.C4F10O2S.BFPS/c1-26-37(24-23-34-33-14-8-10-16-38(33)42-39(26)34)41(29-19-17-28(18-20-29)27-11-5-4-6-12-27)30-21-22-32-31-13-7-9-15-35(31)40(2,3)36(32)25-30;1-39(2)33-14-8-6-12-29(33)30-21-20-28(24-34(30)39)40(27-18-16-26(17-19-27)25-10-4-3-5-11-25)35-23-22-32-31-13-7-9-15-36(31)42-38(32)37(35)41;5-1(6,3(9,10)11)2(7,8)4(12,13)17(14,15)16;2-1-3-4/h4-25H,1-3H3;3-24,41H,1-2H3;;. The summed E-state index contributed by atoms with van der Waals surface area (Å²) in [6, 6.07) is 94.2. The first-order chi connectivity index (χ1) is 49.9. The molecule has 0 atom stereocenters. The Morgan fingerprint density at radius 3 is 1.20 bits per heavy atom. The van der Waals surface area contributed by atoms with Crippen molar-refractivity contribution in [3.05, 3.63) is 295 Å². The van der Waals surface area contributed by atoms with Crippen LogP contribution < -0.4 is 9.80 Å². The van der Waals surface area contributed by atoms with Crippen molar-refractivity contribution in [3.8, 4) is 50.3 Å². The van der Waals surface area contributed by atoms with Crippen molar-refractivity contribution in [1.29, 1.82) is 0 Å². The van der Waals surface area contributed by atoms with E-state index >= 15 is 0 Å². The van der Waals surface area contributed by atoms with Gasteiger partial charge in [-0.15, -0.1) is 0 Å². The average molecular weight is 1480 g/mol. The number of benzene rings is 12. The van der Waals surface area contributed by atoms with E-state index in [1.54, 1.807) is 0 Å². The highest BCUT2D eigenvalue weighted by Crippen LogP contribution is 2.57. The Morgan fingerprint density at radius 2 is 0.771 bits per heavy atom. The van der Waals surface area contributed by atoms with E-state index in [2.05, 4.69) is 281 Å². The molecule has 2 aliphatic rings. The molecule has 529 valence electrons. The van der Waals surface area contributed by atoms with E-state index in [1.807, 2.05) is 42.5 Å². The molecule has 7 nitrogen and oxygen atoms in total. The molecule has 22 heteroatoms. The summed E-state index contributed by atoms with van der Waals surface area (Å²) in [5.74, 6) is -14.8. The summed E-state index contributed by atoms with van der Waals surface area (Å²) in [6.07, 6.45) is -7.19. The molecule has 2 aromatic heterocycles. The van der Waals surface area contributed by atoms with Gasteiger partial charge in [0.25, 0.3) is 0 Å². The van der Waals surface area contributed by atoms with Crippen LogP contribution >= 0.6 is 7.23 Å². The van der Waals surface area contributed by atoms with Gasteiger partial charge in [-0.3, -0.25) is 0 Å². The van der Waals surface area contributed by atoms with Crippen molar-refractivity contribution >= 4 is 115 Å². The number of aryl methyl sites for hydroxylation is 1. The number of phenolic OH excluding ortho intramolecular Hbond substituents is 1. The number of hydrogen-bond acceptors (Lipinski definition) is 8. The number of halogens is 11. The number of hydrogen-bond donors (Lipinski definition) is 1. The normalized spacial score (nSPS) is 13.5. The zero-order chi connectivity index (χ0) is 74.8. The third-order valence-corrected chi connectivity index (χ3v) is 20.5. The maximum atomic E-state index is 12.1. The number of alkyl halides is 9. The second-order valence-corrected chi connectivity index (χ2v) is 28.6. The Hall–Kier alpha value is -10.6. The molecule has 1 N–H and O–H groups in total. The minimum atomic E-state index is -7.67. The first-order valence-electron chi connectivity index (χ1n) is 32.8. The number of nitrogens with zero attached hydrogens (tertiary/aromatic N) is 2. The van der Waals surface area contributed by atoms with Crippen LogP contribution in [0.3, 0.4) is 0 Å². The largest absolute Gasteiger partial charge is 0.503 e. The minimum absolute atomic E-state index is 0.0808. The molecule has 0 saturated carbocycles. The van der Waals surface area contributed by atoms with E-state index in [0.29, 0.717) is 25.8 Å². The highest BCUT2D eigenvalue weighted by Gasteiger charge is 2.86. The monoisotopic (exact) mass is 1480 g/mol. The highest BCUT2D eigenvalue weighted by atomic mass is 32.4. The number of rotatable bonds is 12. The highest BCUT2D eigenvalue weighted by molar-refractivity contribution is 8.08. The molecule has 0 unspecified atom stereocenters. The van der Waals surface area contributed by atoms with E-state index in [0.717, 1.165) is 77.9 Å². The Balaban J connectivity index is 0.000000148. The molecule has 0 spiro atoms. The van der Waals surface area contributed by atoms with E-state index in [-0.39, 0.29) is 16.6 Å². The predicted molar refractivity (Wildman–Crippen MR) is 401 cm³/mol. The first kappa shape index (κ1) is 72.7. The third-order valence-electron chi connectivity index (χ3n) is 19.3. The Kier molecular flexibility index (Phi) is 19.3. The van der Waals surface area contributed by atoms with Crippen LogP contribution in [-0.4, -0.2) is 44.1 Å². The number of phenols is 1. The Bertz CT molecular complexity index is 5430. The van der Waals surface area contributed by atoms with Crippen LogP contribution in [-0.2, 0) is 32.9 Å². The van der Waals surface area contributed by atoms with Gasteiger partial charge in [0.2, 0.25) is 0 Å². The Labute approximate surface area is 604 Å². The smallest absolute Gasteiger partial charge is 0.460 e. The average Bonchev–Trinajstić information content (AvgIpc) is 1.55. The van der Waals surface area contributed by atoms with Crippen molar-refractivity contribution in [2.75, 3.05) is 9.80 Å². The molecule has 0 bridgehead atoms. The van der Waals surface area contributed by atoms with Gasteiger partial charge in [-0.05, 0) is 166 Å². The zero-order valence-electron chi connectivity index (χ0n) is 56.4. The minimum Gasteiger partial charge on any atom is -0.503 e. The van der Waals surface area contributed by atoms with Gasteiger partial charge in [0.1, 0.15) is 16.7 Å². The topological polar surface area (TPSA) is 87.1 Å². The Morgan fingerprint density at radius 1 is 0.419 bits per heavy atom. The van der Waals surface area contributed by atoms with Crippen molar-refractivity contribution in [2.45, 2.75) is 68.7 Å². The summed E-state index contributed by atoms with van der Waals surface area (Å²) in [5.41, 5.74) is 25.3. The van der Waals surface area contributed by atoms with Gasteiger partial charge >= 0.3 is 40.8 Å². The lowest BCUT2D eigenvalue weighted by molar-refractivity contribution is -0.382. The lowest BCUT2D eigenvalue weighted by Crippen LogP contribution is -2.62. The molecular weight excluding hydrogens is 1420 g/mol. The molecule has 0 fully saturated rings. The molecular formula is C83H60BF11N2O5PS2. The van der Waals surface area contributed by atoms with E-state index in [9.17, 15) is 61.2 Å². The van der Waals surface area contributed by atoms with Gasteiger partial charge in [-0.2, -0.15) is 47.9 Å². The van der Waals surface area contributed by atoms with Crippen molar-refractivity contribution in [3.63, 3.8) is 0 Å².